The second kappa shape index (κ2) is 8.20. The Labute approximate surface area is 146 Å². The van der Waals surface area contributed by atoms with E-state index in [-0.39, 0.29) is 23.7 Å². The standard InChI is InChI=1S/C19H22FN3O2/c1-25-12-15-5-3-2-4-14(15)10-21-19(24)17-11-22-23-18(17)13-6-8-16(20)9-7-13/h2-9,17-18,22-23H,10-12H2,1H3,(H,21,24). The average molecular weight is 343 g/mol. The first kappa shape index (κ1) is 17.5. The fourth-order valence-electron chi connectivity index (χ4n) is 3.07. The molecule has 6 heteroatoms. The van der Waals surface area contributed by atoms with Gasteiger partial charge in [-0.1, -0.05) is 36.4 Å². The Hall–Kier alpha value is -2.28. The lowest BCUT2D eigenvalue weighted by Crippen LogP contribution is -2.34. The molecule has 1 aliphatic rings. The van der Waals surface area contributed by atoms with E-state index in [4.69, 9.17) is 4.74 Å². The molecule has 0 aromatic heterocycles. The van der Waals surface area contributed by atoms with Crippen LogP contribution in [0.1, 0.15) is 22.7 Å². The second-order valence-electron chi connectivity index (χ2n) is 6.08. The topological polar surface area (TPSA) is 62.4 Å². The number of hydrogen-bond donors (Lipinski definition) is 3. The Morgan fingerprint density at radius 3 is 2.64 bits per heavy atom. The second-order valence-corrected chi connectivity index (χ2v) is 6.08. The number of amides is 1. The van der Waals surface area contributed by atoms with E-state index in [1.165, 1.54) is 12.1 Å². The summed E-state index contributed by atoms with van der Waals surface area (Å²) in [5.41, 5.74) is 9.10. The van der Waals surface area contributed by atoms with Crippen LogP contribution in [-0.4, -0.2) is 19.6 Å². The number of ether oxygens (including phenoxy) is 1. The van der Waals surface area contributed by atoms with Crippen LogP contribution in [0, 0.1) is 11.7 Å². The predicted molar refractivity (Wildman–Crippen MR) is 92.8 cm³/mol. The Bertz CT molecular complexity index is 721. The summed E-state index contributed by atoms with van der Waals surface area (Å²) in [4.78, 5) is 12.6. The van der Waals surface area contributed by atoms with E-state index in [9.17, 15) is 9.18 Å². The molecular weight excluding hydrogens is 321 g/mol. The lowest BCUT2D eigenvalue weighted by molar-refractivity contribution is -0.125. The quantitative estimate of drug-likeness (QED) is 0.751. The Kier molecular flexibility index (Phi) is 5.75. The average Bonchev–Trinajstić information content (AvgIpc) is 3.11. The number of rotatable bonds is 6. The van der Waals surface area contributed by atoms with E-state index in [2.05, 4.69) is 16.2 Å². The predicted octanol–water partition coefficient (Wildman–Crippen LogP) is 2.05. The fraction of sp³-hybridized carbons (Fsp3) is 0.316. The van der Waals surface area contributed by atoms with Crippen molar-refractivity contribution < 1.29 is 13.9 Å². The van der Waals surface area contributed by atoms with Gasteiger partial charge < -0.3 is 10.1 Å². The van der Waals surface area contributed by atoms with Gasteiger partial charge in [-0.25, -0.2) is 9.82 Å². The third-order valence-corrected chi connectivity index (χ3v) is 4.42. The van der Waals surface area contributed by atoms with Gasteiger partial charge in [0.15, 0.2) is 0 Å². The molecule has 1 fully saturated rings. The van der Waals surface area contributed by atoms with Gasteiger partial charge in [0.2, 0.25) is 5.91 Å². The largest absolute Gasteiger partial charge is 0.380 e. The third-order valence-electron chi connectivity index (χ3n) is 4.42. The monoisotopic (exact) mass is 343 g/mol. The number of halogens is 1. The summed E-state index contributed by atoms with van der Waals surface area (Å²) >= 11 is 0. The molecule has 0 bridgehead atoms. The van der Waals surface area contributed by atoms with Crippen LogP contribution in [0.4, 0.5) is 4.39 Å². The number of benzene rings is 2. The number of hydrogen-bond acceptors (Lipinski definition) is 4. The van der Waals surface area contributed by atoms with E-state index >= 15 is 0 Å². The van der Waals surface area contributed by atoms with Gasteiger partial charge >= 0.3 is 0 Å². The van der Waals surface area contributed by atoms with Crippen LogP contribution >= 0.6 is 0 Å². The van der Waals surface area contributed by atoms with Gasteiger partial charge in [-0.2, -0.15) is 0 Å². The van der Waals surface area contributed by atoms with Gasteiger partial charge in [-0.3, -0.25) is 10.2 Å². The highest BCUT2D eigenvalue weighted by Crippen LogP contribution is 2.25. The van der Waals surface area contributed by atoms with Crippen LogP contribution in [0.3, 0.4) is 0 Å². The van der Waals surface area contributed by atoms with Crippen molar-refractivity contribution in [3.05, 3.63) is 71.0 Å². The zero-order valence-electron chi connectivity index (χ0n) is 14.1. The summed E-state index contributed by atoms with van der Waals surface area (Å²) < 4.78 is 18.3. The highest BCUT2D eigenvalue weighted by atomic mass is 19.1. The molecule has 0 aliphatic carbocycles. The molecular formula is C19H22FN3O2. The summed E-state index contributed by atoms with van der Waals surface area (Å²) in [5, 5.41) is 3.00. The Morgan fingerprint density at radius 2 is 1.92 bits per heavy atom. The molecule has 0 spiro atoms. The van der Waals surface area contributed by atoms with Gasteiger partial charge in [0, 0.05) is 20.2 Å². The van der Waals surface area contributed by atoms with Crippen LogP contribution in [0.5, 0.6) is 0 Å². The maximum Gasteiger partial charge on any atom is 0.226 e. The van der Waals surface area contributed by atoms with Gasteiger partial charge in [0.25, 0.3) is 0 Å². The highest BCUT2D eigenvalue weighted by Gasteiger charge is 2.33. The smallest absolute Gasteiger partial charge is 0.226 e. The molecule has 5 nitrogen and oxygen atoms in total. The van der Waals surface area contributed by atoms with E-state index in [0.717, 1.165) is 16.7 Å². The summed E-state index contributed by atoms with van der Waals surface area (Å²) in [6, 6.07) is 13.9. The maximum atomic E-state index is 13.1. The van der Waals surface area contributed by atoms with E-state index in [1.54, 1.807) is 19.2 Å². The Balaban J connectivity index is 1.65. The van der Waals surface area contributed by atoms with Gasteiger partial charge in [0.1, 0.15) is 5.82 Å². The fourth-order valence-corrected chi connectivity index (χ4v) is 3.07. The SMILES string of the molecule is COCc1ccccc1CNC(=O)C1CNNC1c1ccc(F)cc1. The maximum absolute atomic E-state index is 13.1. The first-order chi connectivity index (χ1) is 12.2. The summed E-state index contributed by atoms with van der Waals surface area (Å²) in [6.07, 6.45) is 0. The molecule has 1 amide bonds. The first-order valence-corrected chi connectivity index (χ1v) is 8.26. The molecule has 2 unspecified atom stereocenters. The van der Waals surface area contributed by atoms with Crippen molar-refractivity contribution in [2.24, 2.45) is 5.92 Å². The molecule has 3 rings (SSSR count). The van der Waals surface area contributed by atoms with E-state index < -0.39 is 0 Å². The summed E-state index contributed by atoms with van der Waals surface area (Å²) in [6.45, 7) is 1.48. The van der Waals surface area contributed by atoms with Crippen molar-refractivity contribution in [1.29, 1.82) is 0 Å². The minimum Gasteiger partial charge on any atom is -0.380 e. The van der Waals surface area contributed by atoms with Crippen LogP contribution in [0.25, 0.3) is 0 Å². The van der Waals surface area contributed by atoms with Gasteiger partial charge in [-0.15, -0.1) is 0 Å². The molecule has 0 radical (unpaired) electrons. The molecule has 1 saturated heterocycles. The zero-order valence-corrected chi connectivity index (χ0v) is 14.1. The number of methoxy groups -OCH3 is 1. The molecule has 2 atom stereocenters. The van der Waals surface area contributed by atoms with Crippen LogP contribution < -0.4 is 16.2 Å². The molecule has 1 heterocycles. The number of carbonyl (C=O) groups excluding carboxylic acids is 1. The van der Waals surface area contributed by atoms with Crippen LogP contribution in [0.15, 0.2) is 48.5 Å². The van der Waals surface area contributed by atoms with Crippen molar-refractivity contribution in [3.63, 3.8) is 0 Å². The van der Waals surface area contributed by atoms with Crippen LogP contribution in [-0.2, 0) is 22.7 Å². The number of nitrogens with one attached hydrogen (secondary N) is 3. The van der Waals surface area contributed by atoms with Crippen molar-refractivity contribution >= 4 is 5.91 Å². The van der Waals surface area contributed by atoms with E-state index in [0.29, 0.717) is 19.7 Å². The van der Waals surface area contributed by atoms with Crippen molar-refractivity contribution in [1.82, 2.24) is 16.2 Å². The van der Waals surface area contributed by atoms with Crippen molar-refractivity contribution in [2.75, 3.05) is 13.7 Å². The minimum atomic E-state index is -0.287. The van der Waals surface area contributed by atoms with Crippen LogP contribution in [0.2, 0.25) is 0 Å². The molecule has 1 aliphatic heterocycles. The molecule has 2 aromatic rings. The van der Waals surface area contributed by atoms with Crippen molar-refractivity contribution in [3.8, 4) is 0 Å². The van der Waals surface area contributed by atoms with Gasteiger partial charge in [-0.05, 0) is 28.8 Å². The first-order valence-electron chi connectivity index (χ1n) is 8.26. The Morgan fingerprint density at radius 1 is 1.20 bits per heavy atom. The van der Waals surface area contributed by atoms with Gasteiger partial charge in [0.05, 0.1) is 18.6 Å². The lowest BCUT2D eigenvalue weighted by atomic mass is 9.94. The van der Waals surface area contributed by atoms with Crippen molar-refractivity contribution in [2.45, 2.75) is 19.2 Å². The number of carbonyl (C=O) groups is 1. The highest BCUT2D eigenvalue weighted by molar-refractivity contribution is 5.80. The molecule has 25 heavy (non-hydrogen) atoms. The molecule has 0 saturated carbocycles. The normalized spacial score (nSPS) is 19.8. The molecule has 2 aromatic carbocycles. The number of hydrazine groups is 1. The third kappa shape index (κ3) is 4.22. The molecule has 3 N–H and O–H groups in total. The zero-order chi connectivity index (χ0) is 17.6. The summed E-state index contributed by atoms with van der Waals surface area (Å²) in [7, 11) is 1.65. The molecule has 132 valence electrons. The lowest BCUT2D eigenvalue weighted by Gasteiger charge is -2.19. The van der Waals surface area contributed by atoms with E-state index in [1.807, 2.05) is 24.3 Å². The summed E-state index contributed by atoms with van der Waals surface area (Å²) in [5.74, 6) is -0.593. The minimum absolute atomic E-state index is 0.0426.